The van der Waals surface area contributed by atoms with Crippen LogP contribution in [0.3, 0.4) is 0 Å². The maximum Gasteiger partial charge on any atom is 0.260 e. The van der Waals surface area contributed by atoms with Crippen molar-refractivity contribution in [1.29, 1.82) is 0 Å². The van der Waals surface area contributed by atoms with Gasteiger partial charge in [0.1, 0.15) is 5.82 Å². The molecule has 2 amide bonds. The topological polar surface area (TPSA) is 62.3 Å². The number of benzene rings is 1. The van der Waals surface area contributed by atoms with Crippen LogP contribution in [0.5, 0.6) is 0 Å². The molecule has 25 heavy (non-hydrogen) atoms. The van der Waals surface area contributed by atoms with Crippen LogP contribution >= 0.6 is 11.3 Å². The van der Waals surface area contributed by atoms with Gasteiger partial charge in [-0.05, 0) is 18.1 Å². The molecule has 2 heterocycles. The molecule has 0 saturated heterocycles. The zero-order valence-corrected chi connectivity index (χ0v) is 15.0. The molecule has 1 N–H and O–H groups in total. The van der Waals surface area contributed by atoms with Crippen molar-refractivity contribution in [3.8, 4) is 0 Å². The van der Waals surface area contributed by atoms with E-state index in [1.807, 2.05) is 18.7 Å². The third kappa shape index (κ3) is 4.04. The fraction of sp³-hybridized carbons (Fsp3) is 0.389. The molecule has 0 atom stereocenters. The van der Waals surface area contributed by atoms with Crippen LogP contribution in [0.25, 0.3) is 0 Å². The molecule has 0 saturated carbocycles. The van der Waals surface area contributed by atoms with Crippen LogP contribution in [-0.2, 0) is 17.8 Å². The average Bonchev–Trinajstić information content (AvgIpc) is 2.95. The average molecular weight is 361 g/mol. The maximum absolute atomic E-state index is 13.7. The zero-order chi connectivity index (χ0) is 18.0. The van der Waals surface area contributed by atoms with E-state index in [-0.39, 0.29) is 11.5 Å². The van der Waals surface area contributed by atoms with E-state index in [4.69, 9.17) is 0 Å². The molecule has 0 spiro atoms. The lowest BCUT2D eigenvalue weighted by Gasteiger charge is -2.26. The summed E-state index contributed by atoms with van der Waals surface area (Å²) in [6.07, 6.45) is 1.20. The number of amides is 2. The molecular formula is C18H20FN3O2S. The molecule has 1 aliphatic rings. The van der Waals surface area contributed by atoms with Crippen LogP contribution in [0.4, 0.5) is 9.52 Å². The van der Waals surface area contributed by atoms with Crippen molar-refractivity contribution < 1.29 is 14.0 Å². The molecule has 2 aromatic rings. The van der Waals surface area contributed by atoms with Crippen LogP contribution in [0.15, 0.2) is 24.3 Å². The minimum Gasteiger partial charge on any atom is -0.337 e. The molecule has 0 bridgehead atoms. The SMILES string of the molecule is CC(C)CC(=O)N1CCc2nc(NC(=O)c3ccccc3F)sc2C1. The van der Waals surface area contributed by atoms with E-state index in [2.05, 4.69) is 10.3 Å². The Kier molecular flexibility index (Phi) is 5.13. The highest BCUT2D eigenvalue weighted by Gasteiger charge is 2.25. The Labute approximate surface area is 149 Å². The molecule has 0 fully saturated rings. The number of nitrogens with zero attached hydrogens (tertiary/aromatic N) is 2. The highest BCUT2D eigenvalue weighted by atomic mass is 32.1. The smallest absolute Gasteiger partial charge is 0.260 e. The number of hydrogen-bond donors (Lipinski definition) is 1. The van der Waals surface area contributed by atoms with E-state index in [1.165, 1.54) is 29.5 Å². The summed E-state index contributed by atoms with van der Waals surface area (Å²) in [5.41, 5.74) is 0.895. The molecule has 1 aliphatic heterocycles. The summed E-state index contributed by atoms with van der Waals surface area (Å²) in [6, 6.07) is 5.84. The fourth-order valence-electron chi connectivity index (χ4n) is 2.75. The van der Waals surface area contributed by atoms with E-state index in [9.17, 15) is 14.0 Å². The largest absolute Gasteiger partial charge is 0.337 e. The quantitative estimate of drug-likeness (QED) is 0.907. The summed E-state index contributed by atoms with van der Waals surface area (Å²) in [6.45, 7) is 5.21. The second-order valence-corrected chi connectivity index (χ2v) is 7.57. The normalized spacial score (nSPS) is 13.7. The Balaban J connectivity index is 1.69. The highest BCUT2D eigenvalue weighted by Crippen LogP contribution is 2.29. The number of hydrogen-bond acceptors (Lipinski definition) is 4. The Bertz CT molecular complexity index is 803. The van der Waals surface area contributed by atoms with Gasteiger partial charge in [-0.3, -0.25) is 14.9 Å². The summed E-state index contributed by atoms with van der Waals surface area (Å²) in [5.74, 6) is -0.610. The lowest BCUT2D eigenvalue weighted by molar-refractivity contribution is -0.132. The van der Waals surface area contributed by atoms with Crippen molar-refractivity contribution in [2.24, 2.45) is 5.92 Å². The van der Waals surface area contributed by atoms with Gasteiger partial charge in [-0.15, -0.1) is 0 Å². The van der Waals surface area contributed by atoms with Gasteiger partial charge in [0.15, 0.2) is 5.13 Å². The van der Waals surface area contributed by atoms with Gasteiger partial charge in [0.2, 0.25) is 5.91 Å². The van der Waals surface area contributed by atoms with Crippen LogP contribution in [0, 0.1) is 11.7 Å². The summed E-state index contributed by atoms with van der Waals surface area (Å²) < 4.78 is 13.7. The third-order valence-electron chi connectivity index (χ3n) is 4.01. The van der Waals surface area contributed by atoms with Crippen molar-refractivity contribution in [2.75, 3.05) is 11.9 Å². The zero-order valence-electron chi connectivity index (χ0n) is 14.2. The molecule has 132 valence electrons. The number of rotatable bonds is 4. The van der Waals surface area contributed by atoms with Gasteiger partial charge in [0.25, 0.3) is 5.91 Å². The Morgan fingerprint density at radius 2 is 2.12 bits per heavy atom. The van der Waals surface area contributed by atoms with Crippen molar-refractivity contribution in [3.05, 3.63) is 46.2 Å². The number of anilines is 1. The molecule has 0 radical (unpaired) electrons. The van der Waals surface area contributed by atoms with Crippen LogP contribution in [-0.4, -0.2) is 28.2 Å². The van der Waals surface area contributed by atoms with Crippen molar-refractivity contribution in [1.82, 2.24) is 9.88 Å². The van der Waals surface area contributed by atoms with Gasteiger partial charge in [-0.25, -0.2) is 9.37 Å². The third-order valence-corrected chi connectivity index (χ3v) is 5.00. The standard InChI is InChI=1S/C18H20FN3O2S/c1-11(2)9-16(23)22-8-7-14-15(10-22)25-18(20-14)21-17(24)12-5-3-4-6-13(12)19/h3-6,11H,7-10H2,1-2H3,(H,20,21,24). The summed E-state index contributed by atoms with van der Waals surface area (Å²) >= 11 is 1.34. The molecule has 0 unspecified atom stereocenters. The highest BCUT2D eigenvalue weighted by molar-refractivity contribution is 7.15. The van der Waals surface area contributed by atoms with E-state index in [0.29, 0.717) is 37.0 Å². The summed E-state index contributed by atoms with van der Waals surface area (Å²) in [7, 11) is 0. The number of carbonyl (C=O) groups is 2. The van der Waals surface area contributed by atoms with Crippen LogP contribution < -0.4 is 5.32 Å². The first-order chi connectivity index (χ1) is 11.9. The first-order valence-electron chi connectivity index (χ1n) is 8.26. The molecule has 1 aromatic heterocycles. The van der Waals surface area contributed by atoms with E-state index >= 15 is 0 Å². The van der Waals surface area contributed by atoms with Gasteiger partial charge in [0, 0.05) is 24.3 Å². The monoisotopic (exact) mass is 361 g/mol. The first-order valence-corrected chi connectivity index (χ1v) is 9.08. The van der Waals surface area contributed by atoms with E-state index in [1.54, 1.807) is 6.07 Å². The molecule has 0 aliphatic carbocycles. The van der Waals surface area contributed by atoms with Crippen LogP contribution in [0.2, 0.25) is 0 Å². The van der Waals surface area contributed by atoms with Crippen molar-refractivity contribution in [2.45, 2.75) is 33.2 Å². The number of fused-ring (bicyclic) bond motifs is 1. The van der Waals surface area contributed by atoms with Crippen molar-refractivity contribution in [3.63, 3.8) is 0 Å². The maximum atomic E-state index is 13.7. The molecule has 5 nitrogen and oxygen atoms in total. The van der Waals surface area contributed by atoms with Gasteiger partial charge in [-0.1, -0.05) is 37.3 Å². The minimum atomic E-state index is -0.563. The lowest BCUT2D eigenvalue weighted by atomic mass is 10.1. The minimum absolute atomic E-state index is 0.00981. The second-order valence-electron chi connectivity index (χ2n) is 6.49. The number of halogens is 1. The summed E-state index contributed by atoms with van der Waals surface area (Å²) in [5, 5.41) is 3.10. The van der Waals surface area contributed by atoms with Gasteiger partial charge in [-0.2, -0.15) is 0 Å². The number of nitrogens with one attached hydrogen (secondary N) is 1. The van der Waals surface area contributed by atoms with Gasteiger partial charge >= 0.3 is 0 Å². The Hall–Kier alpha value is -2.28. The number of aromatic nitrogens is 1. The predicted molar refractivity (Wildman–Crippen MR) is 95.0 cm³/mol. The Morgan fingerprint density at radius 1 is 1.36 bits per heavy atom. The fourth-order valence-corrected chi connectivity index (χ4v) is 3.77. The second kappa shape index (κ2) is 7.31. The van der Waals surface area contributed by atoms with Crippen molar-refractivity contribution >= 4 is 28.3 Å². The lowest BCUT2D eigenvalue weighted by Crippen LogP contribution is -2.36. The number of carbonyl (C=O) groups excluding carboxylic acids is 2. The molecule has 1 aromatic carbocycles. The molecule has 7 heteroatoms. The van der Waals surface area contributed by atoms with Crippen LogP contribution in [0.1, 0.15) is 41.2 Å². The Morgan fingerprint density at radius 3 is 2.84 bits per heavy atom. The first kappa shape index (κ1) is 17.5. The molecular weight excluding hydrogens is 341 g/mol. The molecule has 3 rings (SSSR count). The summed E-state index contributed by atoms with van der Waals surface area (Å²) in [4.78, 5) is 31.7. The van der Waals surface area contributed by atoms with E-state index < -0.39 is 11.7 Å². The van der Waals surface area contributed by atoms with E-state index in [0.717, 1.165) is 10.6 Å². The van der Waals surface area contributed by atoms with Gasteiger partial charge < -0.3 is 4.90 Å². The number of thiazole rings is 1. The predicted octanol–water partition coefficient (Wildman–Crippen LogP) is 3.47. The van der Waals surface area contributed by atoms with Gasteiger partial charge in [0.05, 0.1) is 17.8 Å².